The summed E-state index contributed by atoms with van der Waals surface area (Å²) in [6, 6.07) is 7.30. The molecule has 21 heavy (non-hydrogen) atoms. The Bertz CT molecular complexity index is 775. The minimum atomic E-state index is -1.05. The molecule has 1 aromatic carbocycles. The molecule has 0 aliphatic carbocycles. The van der Waals surface area contributed by atoms with Gasteiger partial charge in [-0.1, -0.05) is 6.07 Å². The summed E-state index contributed by atoms with van der Waals surface area (Å²) in [4.78, 5) is 34.2. The summed E-state index contributed by atoms with van der Waals surface area (Å²) >= 11 is 0. The zero-order valence-corrected chi connectivity index (χ0v) is 11.4. The third kappa shape index (κ3) is 3.38. The predicted molar refractivity (Wildman–Crippen MR) is 74.8 cm³/mol. The summed E-state index contributed by atoms with van der Waals surface area (Å²) < 4.78 is 7.73. The highest BCUT2D eigenvalue weighted by Gasteiger charge is 2.05. The third-order valence-corrected chi connectivity index (χ3v) is 2.90. The maximum atomic E-state index is 11.8. The second-order valence-corrected chi connectivity index (χ2v) is 4.38. The largest absolute Gasteiger partial charge is 0.492 e. The summed E-state index contributed by atoms with van der Waals surface area (Å²) in [5.41, 5.74) is -0.716. The Balaban J connectivity index is 2.07. The van der Waals surface area contributed by atoms with Crippen LogP contribution >= 0.6 is 0 Å². The molecule has 0 fully saturated rings. The van der Waals surface area contributed by atoms with E-state index in [1.165, 1.54) is 29.0 Å². The van der Waals surface area contributed by atoms with Crippen molar-refractivity contribution in [1.29, 1.82) is 0 Å². The predicted octanol–water partition coefficient (Wildman–Crippen LogP) is 0.324. The monoisotopic (exact) mass is 290 g/mol. The number of aryl methyl sites for hydroxylation is 1. The van der Waals surface area contributed by atoms with Crippen LogP contribution in [0, 0.1) is 0 Å². The van der Waals surface area contributed by atoms with Crippen LogP contribution in [0.1, 0.15) is 10.4 Å². The van der Waals surface area contributed by atoms with Gasteiger partial charge in [0, 0.05) is 19.3 Å². The van der Waals surface area contributed by atoms with E-state index >= 15 is 0 Å². The van der Waals surface area contributed by atoms with Crippen molar-refractivity contribution in [2.45, 2.75) is 6.54 Å². The van der Waals surface area contributed by atoms with E-state index in [1.807, 2.05) is 0 Å². The van der Waals surface area contributed by atoms with Crippen molar-refractivity contribution in [3.8, 4) is 5.75 Å². The maximum Gasteiger partial charge on any atom is 0.335 e. The summed E-state index contributed by atoms with van der Waals surface area (Å²) in [5.74, 6) is -0.677. The number of benzene rings is 1. The molecule has 0 radical (unpaired) electrons. The fourth-order valence-electron chi connectivity index (χ4n) is 1.79. The molecule has 0 amide bonds. The number of rotatable bonds is 5. The quantitative estimate of drug-likeness (QED) is 0.856. The number of carboxylic acids is 1. The zero-order valence-electron chi connectivity index (χ0n) is 11.4. The Morgan fingerprint density at radius 3 is 2.76 bits per heavy atom. The molecule has 0 bridgehead atoms. The van der Waals surface area contributed by atoms with E-state index in [9.17, 15) is 14.4 Å². The Morgan fingerprint density at radius 2 is 2.05 bits per heavy atom. The first kappa shape index (κ1) is 14.6. The number of hydrogen-bond donors (Lipinski definition) is 1. The standard InChI is InChI=1S/C14H14N2O5/c1-15-6-5-12(17)16(14(15)20)7-8-21-11-4-2-3-10(9-11)13(18)19/h2-6,9H,7-8H2,1H3,(H,18,19). The summed E-state index contributed by atoms with van der Waals surface area (Å²) in [6.45, 7) is 0.172. The van der Waals surface area contributed by atoms with Crippen LogP contribution in [-0.2, 0) is 13.6 Å². The third-order valence-electron chi connectivity index (χ3n) is 2.90. The zero-order chi connectivity index (χ0) is 15.4. The minimum Gasteiger partial charge on any atom is -0.492 e. The molecule has 0 aliphatic heterocycles. The number of aromatic nitrogens is 2. The molecule has 0 aliphatic rings. The molecule has 110 valence electrons. The van der Waals surface area contributed by atoms with Crippen LogP contribution in [0.5, 0.6) is 5.75 Å². The molecule has 0 unspecified atom stereocenters. The number of hydrogen-bond acceptors (Lipinski definition) is 4. The molecule has 1 N–H and O–H groups in total. The first-order valence-corrected chi connectivity index (χ1v) is 6.21. The molecule has 0 saturated carbocycles. The Morgan fingerprint density at radius 1 is 1.29 bits per heavy atom. The van der Waals surface area contributed by atoms with Crippen molar-refractivity contribution in [2.75, 3.05) is 6.61 Å². The van der Waals surface area contributed by atoms with Gasteiger partial charge in [-0.05, 0) is 18.2 Å². The van der Waals surface area contributed by atoms with Gasteiger partial charge in [-0.3, -0.25) is 9.36 Å². The molecule has 1 heterocycles. The van der Waals surface area contributed by atoms with Crippen molar-refractivity contribution in [3.05, 3.63) is 62.9 Å². The van der Waals surface area contributed by atoms with E-state index in [-0.39, 0.29) is 18.7 Å². The summed E-state index contributed by atoms with van der Waals surface area (Å²) in [7, 11) is 1.55. The Labute approximate surface area is 119 Å². The minimum absolute atomic E-state index is 0.0855. The molecule has 0 spiro atoms. The van der Waals surface area contributed by atoms with Crippen molar-refractivity contribution in [2.24, 2.45) is 7.05 Å². The second-order valence-electron chi connectivity index (χ2n) is 4.38. The highest BCUT2D eigenvalue weighted by Crippen LogP contribution is 2.13. The topological polar surface area (TPSA) is 90.5 Å². The average Bonchev–Trinajstić information content (AvgIpc) is 2.47. The fraction of sp³-hybridized carbons (Fsp3) is 0.214. The lowest BCUT2D eigenvalue weighted by Gasteiger charge is -2.09. The van der Waals surface area contributed by atoms with E-state index in [0.717, 1.165) is 4.57 Å². The molecule has 2 aromatic rings. The van der Waals surface area contributed by atoms with Crippen molar-refractivity contribution in [1.82, 2.24) is 9.13 Å². The van der Waals surface area contributed by atoms with Crippen molar-refractivity contribution >= 4 is 5.97 Å². The van der Waals surface area contributed by atoms with Gasteiger partial charge in [0.15, 0.2) is 0 Å². The van der Waals surface area contributed by atoms with Gasteiger partial charge in [0.2, 0.25) is 0 Å². The van der Waals surface area contributed by atoms with Crippen LogP contribution in [0.15, 0.2) is 46.1 Å². The SMILES string of the molecule is Cn1ccc(=O)n(CCOc2cccc(C(=O)O)c2)c1=O. The van der Waals surface area contributed by atoms with Crippen LogP contribution in [-0.4, -0.2) is 26.8 Å². The van der Waals surface area contributed by atoms with E-state index in [4.69, 9.17) is 9.84 Å². The number of ether oxygens (including phenoxy) is 1. The summed E-state index contributed by atoms with van der Waals surface area (Å²) in [5, 5.41) is 8.87. The van der Waals surface area contributed by atoms with Crippen molar-refractivity contribution < 1.29 is 14.6 Å². The molecule has 0 saturated heterocycles. The Kier molecular flexibility index (Phi) is 4.22. The normalized spacial score (nSPS) is 10.3. The molecule has 7 nitrogen and oxygen atoms in total. The number of aromatic carboxylic acids is 1. The number of carbonyl (C=O) groups is 1. The van der Waals surface area contributed by atoms with Gasteiger partial charge in [-0.15, -0.1) is 0 Å². The molecular weight excluding hydrogens is 276 g/mol. The second kappa shape index (κ2) is 6.08. The molecule has 1 aromatic heterocycles. The highest BCUT2D eigenvalue weighted by molar-refractivity contribution is 5.87. The van der Waals surface area contributed by atoms with Crippen LogP contribution in [0.4, 0.5) is 0 Å². The first-order valence-electron chi connectivity index (χ1n) is 6.21. The number of nitrogens with zero attached hydrogens (tertiary/aromatic N) is 2. The highest BCUT2D eigenvalue weighted by atomic mass is 16.5. The molecule has 0 atom stereocenters. The lowest BCUT2D eigenvalue weighted by atomic mass is 10.2. The van der Waals surface area contributed by atoms with E-state index in [0.29, 0.717) is 5.75 Å². The molecule has 2 rings (SSSR count). The van der Waals surface area contributed by atoms with E-state index < -0.39 is 17.2 Å². The van der Waals surface area contributed by atoms with Gasteiger partial charge in [0.25, 0.3) is 5.56 Å². The van der Waals surface area contributed by atoms with Crippen LogP contribution in [0.2, 0.25) is 0 Å². The number of carboxylic acid groups (broad SMARTS) is 1. The van der Waals surface area contributed by atoms with Gasteiger partial charge < -0.3 is 14.4 Å². The lowest BCUT2D eigenvalue weighted by molar-refractivity contribution is 0.0696. The fourth-order valence-corrected chi connectivity index (χ4v) is 1.79. The molecular formula is C14H14N2O5. The van der Waals surface area contributed by atoms with Crippen LogP contribution in [0.3, 0.4) is 0 Å². The van der Waals surface area contributed by atoms with Gasteiger partial charge in [-0.25, -0.2) is 9.59 Å². The van der Waals surface area contributed by atoms with Crippen LogP contribution in [0.25, 0.3) is 0 Å². The van der Waals surface area contributed by atoms with E-state index in [2.05, 4.69) is 0 Å². The van der Waals surface area contributed by atoms with Crippen molar-refractivity contribution in [3.63, 3.8) is 0 Å². The maximum absolute atomic E-state index is 11.8. The van der Waals surface area contributed by atoms with E-state index in [1.54, 1.807) is 19.2 Å². The average molecular weight is 290 g/mol. The first-order chi connectivity index (χ1) is 9.99. The van der Waals surface area contributed by atoms with Gasteiger partial charge in [-0.2, -0.15) is 0 Å². The van der Waals surface area contributed by atoms with Gasteiger partial charge in [0.1, 0.15) is 12.4 Å². The van der Waals surface area contributed by atoms with Crippen LogP contribution < -0.4 is 16.0 Å². The van der Waals surface area contributed by atoms with Gasteiger partial charge >= 0.3 is 11.7 Å². The summed E-state index contributed by atoms with van der Waals surface area (Å²) in [6.07, 6.45) is 1.40. The smallest absolute Gasteiger partial charge is 0.335 e. The van der Waals surface area contributed by atoms with Gasteiger partial charge in [0.05, 0.1) is 12.1 Å². The molecule has 7 heteroatoms. The lowest BCUT2D eigenvalue weighted by Crippen LogP contribution is -2.39. The Hall–Kier alpha value is -2.83.